The van der Waals surface area contributed by atoms with Crippen molar-refractivity contribution < 1.29 is 4.74 Å². The number of aliphatic imine (C=N–C) groups is 1. The van der Waals surface area contributed by atoms with Gasteiger partial charge in [-0.2, -0.15) is 0 Å². The van der Waals surface area contributed by atoms with Crippen LogP contribution in [0.5, 0.6) is 5.75 Å². The molecular formula is C18H24Cl3N5O. The van der Waals surface area contributed by atoms with E-state index in [0.717, 1.165) is 37.7 Å². The Morgan fingerprint density at radius 2 is 1.85 bits per heavy atom. The fourth-order valence-electron chi connectivity index (χ4n) is 2.46. The summed E-state index contributed by atoms with van der Waals surface area (Å²) in [7, 11) is 1.73. The summed E-state index contributed by atoms with van der Waals surface area (Å²) < 4.78 is 7.79. The zero-order valence-corrected chi connectivity index (χ0v) is 17.7. The fraction of sp³-hybridized carbons (Fsp3) is 0.444. The minimum Gasteiger partial charge on any atom is -0.489 e. The molecule has 0 radical (unpaired) electrons. The number of guanidine groups is 1. The molecule has 0 aliphatic carbocycles. The van der Waals surface area contributed by atoms with Gasteiger partial charge in [-0.3, -0.25) is 4.99 Å². The number of unbranched alkanes of at least 4 members (excludes halogenated alkanes) is 1. The molecule has 0 saturated heterocycles. The SMILES string of the molecule is CN=C(NCCCCn1ccnc1C)NCCOc1c(Cl)cc(Cl)cc1Cl. The number of benzene rings is 1. The average molecular weight is 433 g/mol. The molecule has 0 aliphatic rings. The number of nitrogens with one attached hydrogen (secondary N) is 2. The predicted octanol–water partition coefficient (Wildman–Crippen LogP) is 4.18. The summed E-state index contributed by atoms with van der Waals surface area (Å²) in [6.07, 6.45) is 5.93. The van der Waals surface area contributed by atoms with Crippen molar-refractivity contribution in [2.75, 3.05) is 26.7 Å². The van der Waals surface area contributed by atoms with E-state index in [1.807, 2.05) is 19.3 Å². The smallest absolute Gasteiger partial charge is 0.191 e. The molecule has 2 aromatic rings. The summed E-state index contributed by atoms with van der Waals surface area (Å²) in [4.78, 5) is 8.41. The zero-order valence-electron chi connectivity index (χ0n) is 15.4. The number of hydrogen-bond acceptors (Lipinski definition) is 3. The third kappa shape index (κ3) is 7.13. The quantitative estimate of drug-likeness (QED) is 0.354. The lowest BCUT2D eigenvalue weighted by molar-refractivity contribution is 0.322. The van der Waals surface area contributed by atoms with Gasteiger partial charge in [-0.1, -0.05) is 34.8 Å². The highest BCUT2D eigenvalue weighted by Gasteiger charge is 2.09. The highest BCUT2D eigenvalue weighted by Crippen LogP contribution is 2.35. The second-order valence-corrected chi connectivity index (χ2v) is 7.10. The van der Waals surface area contributed by atoms with Gasteiger partial charge in [0.05, 0.1) is 16.6 Å². The molecule has 0 atom stereocenters. The van der Waals surface area contributed by atoms with E-state index in [1.165, 1.54) is 0 Å². The van der Waals surface area contributed by atoms with Crippen LogP contribution in [0.2, 0.25) is 15.1 Å². The van der Waals surface area contributed by atoms with Crippen LogP contribution in [-0.4, -0.2) is 42.3 Å². The van der Waals surface area contributed by atoms with Crippen LogP contribution >= 0.6 is 34.8 Å². The highest BCUT2D eigenvalue weighted by molar-refractivity contribution is 6.40. The van der Waals surface area contributed by atoms with Crippen LogP contribution in [0.15, 0.2) is 29.5 Å². The van der Waals surface area contributed by atoms with Crippen LogP contribution in [0, 0.1) is 6.92 Å². The second-order valence-electron chi connectivity index (χ2n) is 5.85. The summed E-state index contributed by atoms with van der Waals surface area (Å²) >= 11 is 18.1. The molecule has 0 saturated carbocycles. The van der Waals surface area contributed by atoms with Gasteiger partial charge in [0.1, 0.15) is 12.4 Å². The number of aryl methyl sites for hydroxylation is 2. The lowest BCUT2D eigenvalue weighted by Crippen LogP contribution is -2.39. The van der Waals surface area contributed by atoms with E-state index in [9.17, 15) is 0 Å². The molecule has 1 aromatic heterocycles. The molecule has 2 N–H and O–H groups in total. The van der Waals surface area contributed by atoms with Gasteiger partial charge < -0.3 is 19.9 Å². The lowest BCUT2D eigenvalue weighted by atomic mass is 10.3. The van der Waals surface area contributed by atoms with E-state index in [4.69, 9.17) is 39.5 Å². The molecule has 9 heteroatoms. The molecule has 0 spiro atoms. The standard InChI is InChI=1S/C18H24Cl3N5O/c1-13-23-6-9-26(13)8-4-3-5-24-18(22-2)25-7-10-27-17-15(20)11-14(19)12-16(17)21/h6,9,11-12H,3-5,7-8,10H2,1-2H3,(H2,22,24,25). The van der Waals surface area contributed by atoms with Crippen molar-refractivity contribution in [2.24, 2.45) is 4.99 Å². The van der Waals surface area contributed by atoms with Crippen LogP contribution in [0.25, 0.3) is 0 Å². The first-order chi connectivity index (χ1) is 13.0. The summed E-state index contributed by atoms with van der Waals surface area (Å²) in [5, 5.41) is 7.73. The molecular weight excluding hydrogens is 409 g/mol. The molecule has 0 fully saturated rings. The first kappa shape index (κ1) is 21.7. The number of rotatable bonds is 9. The van der Waals surface area contributed by atoms with Gasteiger partial charge in [-0.15, -0.1) is 0 Å². The Morgan fingerprint density at radius 1 is 1.15 bits per heavy atom. The molecule has 6 nitrogen and oxygen atoms in total. The monoisotopic (exact) mass is 431 g/mol. The van der Waals surface area contributed by atoms with Crippen LogP contribution in [0.1, 0.15) is 18.7 Å². The van der Waals surface area contributed by atoms with Crippen LogP contribution in [0.3, 0.4) is 0 Å². The second kappa shape index (κ2) is 11.3. The molecule has 27 heavy (non-hydrogen) atoms. The lowest BCUT2D eigenvalue weighted by Gasteiger charge is -2.14. The first-order valence-corrected chi connectivity index (χ1v) is 9.84. The van der Waals surface area contributed by atoms with Crippen molar-refractivity contribution in [3.63, 3.8) is 0 Å². The van der Waals surface area contributed by atoms with Gasteiger partial charge in [-0.05, 0) is 31.9 Å². The number of hydrogen-bond donors (Lipinski definition) is 2. The summed E-state index contributed by atoms with van der Waals surface area (Å²) in [6.45, 7) is 4.76. The van der Waals surface area contributed by atoms with Crippen molar-refractivity contribution in [3.8, 4) is 5.75 Å². The number of ether oxygens (including phenoxy) is 1. The van der Waals surface area contributed by atoms with E-state index in [1.54, 1.807) is 19.2 Å². The molecule has 0 unspecified atom stereocenters. The zero-order chi connectivity index (χ0) is 19.6. The number of nitrogens with zero attached hydrogens (tertiary/aromatic N) is 3. The van der Waals surface area contributed by atoms with E-state index < -0.39 is 0 Å². The largest absolute Gasteiger partial charge is 0.489 e. The van der Waals surface area contributed by atoms with Crippen LogP contribution < -0.4 is 15.4 Å². The Labute approximate surface area is 174 Å². The minimum absolute atomic E-state index is 0.391. The van der Waals surface area contributed by atoms with E-state index in [2.05, 4.69) is 25.2 Å². The Bertz CT molecular complexity index is 740. The predicted molar refractivity (Wildman–Crippen MR) is 113 cm³/mol. The molecule has 1 heterocycles. The highest BCUT2D eigenvalue weighted by atomic mass is 35.5. The van der Waals surface area contributed by atoms with E-state index in [-0.39, 0.29) is 0 Å². The van der Waals surface area contributed by atoms with Gasteiger partial charge in [0.25, 0.3) is 0 Å². The third-order valence-corrected chi connectivity index (χ3v) is 4.65. The molecule has 0 bridgehead atoms. The molecule has 1 aromatic carbocycles. The Balaban J connectivity index is 1.62. The first-order valence-electron chi connectivity index (χ1n) is 8.71. The Hall–Kier alpha value is -1.63. The maximum atomic E-state index is 6.09. The molecule has 2 rings (SSSR count). The minimum atomic E-state index is 0.391. The van der Waals surface area contributed by atoms with Gasteiger partial charge >= 0.3 is 0 Å². The fourth-order valence-corrected chi connectivity index (χ4v) is 3.39. The summed E-state index contributed by atoms with van der Waals surface area (Å²) in [5.41, 5.74) is 0. The third-order valence-electron chi connectivity index (χ3n) is 3.87. The average Bonchev–Trinajstić information content (AvgIpc) is 3.03. The van der Waals surface area contributed by atoms with Crippen molar-refractivity contribution in [2.45, 2.75) is 26.3 Å². The topological polar surface area (TPSA) is 63.5 Å². The van der Waals surface area contributed by atoms with Gasteiger partial charge in [-0.25, -0.2) is 4.98 Å². The van der Waals surface area contributed by atoms with Crippen molar-refractivity contribution in [3.05, 3.63) is 45.4 Å². The molecule has 148 valence electrons. The van der Waals surface area contributed by atoms with Crippen LogP contribution in [-0.2, 0) is 6.54 Å². The number of halogens is 3. The summed E-state index contributed by atoms with van der Waals surface area (Å²) in [6, 6.07) is 3.20. The maximum absolute atomic E-state index is 6.09. The Kier molecular flexibility index (Phi) is 9.04. The van der Waals surface area contributed by atoms with Crippen molar-refractivity contribution in [1.82, 2.24) is 20.2 Å². The molecule has 0 amide bonds. The number of imidazole rings is 1. The molecule has 0 aliphatic heterocycles. The summed E-state index contributed by atoms with van der Waals surface area (Å²) in [5.74, 6) is 2.20. The van der Waals surface area contributed by atoms with Crippen molar-refractivity contribution in [1.29, 1.82) is 0 Å². The van der Waals surface area contributed by atoms with Gasteiger partial charge in [0.2, 0.25) is 0 Å². The normalized spacial score (nSPS) is 11.5. The van der Waals surface area contributed by atoms with Gasteiger partial charge in [0.15, 0.2) is 11.7 Å². The van der Waals surface area contributed by atoms with Gasteiger partial charge in [0, 0.05) is 37.6 Å². The van der Waals surface area contributed by atoms with E-state index in [0.29, 0.717) is 34.0 Å². The van der Waals surface area contributed by atoms with E-state index >= 15 is 0 Å². The number of aromatic nitrogens is 2. The maximum Gasteiger partial charge on any atom is 0.191 e. The Morgan fingerprint density at radius 3 is 2.48 bits per heavy atom. The van der Waals surface area contributed by atoms with Crippen LogP contribution in [0.4, 0.5) is 0 Å². The van der Waals surface area contributed by atoms with Crippen molar-refractivity contribution >= 4 is 40.8 Å².